The summed E-state index contributed by atoms with van der Waals surface area (Å²) in [5.41, 5.74) is -0.701. The molecule has 0 unspecified atom stereocenters. The Balaban J connectivity index is 3.58. The molecular weight excluding hydrogens is 330 g/mol. The molecule has 0 fully saturated rings. The number of carbonyl (C=O) groups excluding carboxylic acids is 1. The second-order valence-corrected chi connectivity index (χ2v) is 5.48. The second kappa shape index (κ2) is 8.76. The lowest BCUT2D eigenvalue weighted by molar-refractivity contribution is -0.392. The molecule has 0 atom stereocenters. The van der Waals surface area contributed by atoms with Crippen molar-refractivity contribution in [3.05, 3.63) is 50.1 Å². The number of anilines is 1. The molecule has 0 aliphatic rings. The number of nitro groups is 2. The number of benzene rings is 1. The van der Waals surface area contributed by atoms with Crippen molar-refractivity contribution in [1.82, 2.24) is 0 Å². The van der Waals surface area contributed by atoms with E-state index >= 15 is 0 Å². The first kappa shape index (κ1) is 20.1. The lowest BCUT2D eigenvalue weighted by Crippen LogP contribution is -2.26. The summed E-state index contributed by atoms with van der Waals surface area (Å²) in [6.45, 7) is 9.62. The van der Waals surface area contributed by atoms with Crippen LogP contribution in [0.3, 0.4) is 0 Å². The van der Waals surface area contributed by atoms with E-state index in [9.17, 15) is 25.0 Å². The van der Waals surface area contributed by atoms with Gasteiger partial charge in [-0.3, -0.25) is 20.2 Å². The van der Waals surface area contributed by atoms with Crippen molar-refractivity contribution in [3.8, 4) is 0 Å². The molecule has 1 aromatic carbocycles. The first-order valence-electron chi connectivity index (χ1n) is 7.76. The largest absolute Gasteiger partial charge is 0.462 e. The number of ether oxygens (including phenoxy) is 1. The molecule has 0 spiro atoms. The number of hydrogen-bond acceptors (Lipinski definition) is 7. The Morgan fingerprint density at radius 3 is 2.08 bits per heavy atom. The third-order valence-electron chi connectivity index (χ3n) is 3.29. The van der Waals surface area contributed by atoms with Crippen molar-refractivity contribution in [3.63, 3.8) is 0 Å². The highest BCUT2D eigenvalue weighted by molar-refractivity contribution is 5.94. The number of nitrogens with zero attached hydrogens (tertiary/aromatic N) is 3. The van der Waals surface area contributed by atoms with Crippen LogP contribution in [0.15, 0.2) is 24.3 Å². The second-order valence-electron chi connectivity index (χ2n) is 5.48. The molecule has 0 saturated carbocycles. The SMILES string of the molecule is C=C(C)CN(CC)c1c([N+](=O)[O-])cc(C(=O)OCCC)cc1[N+](=O)[O-]. The fourth-order valence-corrected chi connectivity index (χ4v) is 2.28. The summed E-state index contributed by atoms with van der Waals surface area (Å²) in [5, 5.41) is 22.9. The summed E-state index contributed by atoms with van der Waals surface area (Å²) >= 11 is 0. The standard InChI is InChI=1S/C16H21N3O6/c1-5-7-25-16(20)12-8-13(18(21)22)15(14(9-12)19(23)24)17(6-2)10-11(3)4/h8-9H,3,5-7,10H2,1-2,4H3. The van der Waals surface area contributed by atoms with Crippen LogP contribution >= 0.6 is 0 Å². The number of likely N-dealkylation sites (N-methyl/N-ethyl adjacent to an activating group) is 1. The lowest BCUT2D eigenvalue weighted by Gasteiger charge is -2.23. The van der Waals surface area contributed by atoms with Gasteiger partial charge in [-0.15, -0.1) is 0 Å². The summed E-state index contributed by atoms with van der Waals surface area (Å²) < 4.78 is 4.93. The van der Waals surface area contributed by atoms with Gasteiger partial charge in [0.1, 0.15) is 0 Å². The first-order valence-corrected chi connectivity index (χ1v) is 7.76. The lowest BCUT2D eigenvalue weighted by atomic mass is 10.1. The average Bonchev–Trinajstić information content (AvgIpc) is 2.55. The van der Waals surface area contributed by atoms with Gasteiger partial charge in [0.25, 0.3) is 0 Å². The maximum Gasteiger partial charge on any atom is 0.338 e. The Morgan fingerprint density at radius 1 is 1.20 bits per heavy atom. The third-order valence-corrected chi connectivity index (χ3v) is 3.29. The van der Waals surface area contributed by atoms with Crippen LogP contribution in [-0.2, 0) is 4.74 Å². The number of hydrogen-bond donors (Lipinski definition) is 0. The van der Waals surface area contributed by atoms with Gasteiger partial charge in [0.15, 0.2) is 5.69 Å². The fourth-order valence-electron chi connectivity index (χ4n) is 2.28. The molecule has 0 N–H and O–H groups in total. The Labute approximate surface area is 145 Å². The molecule has 0 radical (unpaired) electrons. The smallest absolute Gasteiger partial charge is 0.338 e. The Bertz CT molecular complexity index is 666. The first-order chi connectivity index (χ1) is 11.7. The van der Waals surface area contributed by atoms with E-state index in [0.29, 0.717) is 18.5 Å². The molecule has 0 bridgehead atoms. The van der Waals surface area contributed by atoms with Gasteiger partial charge >= 0.3 is 17.3 Å². The highest BCUT2D eigenvalue weighted by atomic mass is 16.6. The summed E-state index contributed by atoms with van der Waals surface area (Å²) in [7, 11) is 0. The minimum absolute atomic E-state index is 0.124. The Morgan fingerprint density at radius 2 is 1.72 bits per heavy atom. The van der Waals surface area contributed by atoms with E-state index in [2.05, 4.69) is 6.58 Å². The molecule has 1 aromatic rings. The van der Waals surface area contributed by atoms with Crippen molar-refractivity contribution in [2.45, 2.75) is 27.2 Å². The number of nitro benzene ring substituents is 2. The van der Waals surface area contributed by atoms with Crippen molar-refractivity contribution in [2.24, 2.45) is 0 Å². The molecule has 0 amide bonds. The van der Waals surface area contributed by atoms with Gasteiger partial charge in [-0.05, 0) is 20.3 Å². The van der Waals surface area contributed by atoms with Crippen LogP contribution in [0, 0.1) is 20.2 Å². The summed E-state index contributed by atoms with van der Waals surface area (Å²) in [5.74, 6) is -0.831. The van der Waals surface area contributed by atoms with E-state index in [1.165, 1.54) is 4.90 Å². The van der Waals surface area contributed by atoms with Crippen LogP contribution in [0.2, 0.25) is 0 Å². The zero-order chi connectivity index (χ0) is 19.1. The van der Waals surface area contributed by atoms with E-state index in [4.69, 9.17) is 4.74 Å². The van der Waals surface area contributed by atoms with Gasteiger partial charge < -0.3 is 9.64 Å². The number of carbonyl (C=O) groups is 1. The van der Waals surface area contributed by atoms with E-state index in [1.807, 2.05) is 0 Å². The van der Waals surface area contributed by atoms with Crippen LogP contribution in [0.25, 0.3) is 0 Å². The van der Waals surface area contributed by atoms with Crippen molar-refractivity contribution in [1.29, 1.82) is 0 Å². The quantitative estimate of drug-likeness (QED) is 0.289. The minimum Gasteiger partial charge on any atom is -0.462 e. The van der Waals surface area contributed by atoms with Crippen LogP contribution < -0.4 is 4.90 Å². The normalized spacial score (nSPS) is 10.2. The third kappa shape index (κ3) is 5.00. The predicted octanol–water partition coefficient (Wildman–Crippen LogP) is 3.47. The van der Waals surface area contributed by atoms with E-state index in [0.717, 1.165) is 12.1 Å². The topological polar surface area (TPSA) is 116 Å². The van der Waals surface area contributed by atoms with E-state index in [1.54, 1.807) is 20.8 Å². The molecule has 1 rings (SSSR count). The molecule has 0 aliphatic heterocycles. The van der Waals surface area contributed by atoms with Crippen LogP contribution in [-0.4, -0.2) is 35.5 Å². The fraction of sp³-hybridized carbons (Fsp3) is 0.438. The van der Waals surface area contributed by atoms with E-state index < -0.39 is 27.2 Å². The predicted molar refractivity (Wildman–Crippen MR) is 93.0 cm³/mol. The summed E-state index contributed by atoms with van der Waals surface area (Å²) in [4.78, 5) is 34.9. The number of esters is 1. The van der Waals surface area contributed by atoms with Crippen LogP contribution in [0.5, 0.6) is 0 Å². The van der Waals surface area contributed by atoms with Crippen molar-refractivity contribution >= 4 is 23.0 Å². The molecular formula is C16H21N3O6. The van der Waals surface area contributed by atoms with Gasteiger partial charge in [-0.25, -0.2) is 4.79 Å². The van der Waals surface area contributed by atoms with Gasteiger partial charge in [0.2, 0.25) is 0 Å². The molecule has 0 aliphatic carbocycles. The summed E-state index contributed by atoms with van der Waals surface area (Å²) in [6, 6.07) is 2.03. The zero-order valence-electron chi connectivity index (χ0n) is 14.5. The van der Waals surface area contributed by atoms with Crippen LogP contribution in [0.1, 0.15) is 37.6 Å². The average molecular weight is 351 g/mol. The minimum atomic E-state index is -0.831. The van der Waals surface area contributed by atoms with Gasteiger partial charge in [0.05, 0.1) is 22.0 Å². The van der Waals surface area contributed by atoms with Gasteiger partial charge in [0, 0.05) is 25.2 Å². The molecule has 25 heavy (non-hydrogen) atoms. The maximum atomic E-state index is 12.0. The highest BCUT2D eigenvalue weighted by Crippen LogP contribution is 2.39. The van der Waals surface area contributed by atoms with Crippen LogP contribution in [0.4, 0.5) is 17.1 Å². The van der Waals surface area contributed by atoms with Gasteiger partial charge in [-0.2, -0.15) is 0 Å². The van der Waals surface area contributed by atoms with Crippen molar-refractivity contribution in [2.75, 3.05) is 24.6 Å². The van der Waals surface area contributed by atoms with E-state index in [-0.39, 0.29) is 24.4 Å². The monoisotopic (exact) mass is 351 g/mol. The van der Waals surface area contributed by atoms with Gasteiger partial charge in [-0.1, -0.05) is 19.1 Å². The highest BCUT2D eigenvalue weighted by Gasteiger charge is 2.32. The van der Waals surface area contributed by atoms with Crippen molar-refractivity contribution < 1.29 is 19.4 Å². The molecule has 9 heteroatoms. The Kier molecular flexibility index (Phi) is 7.04. The number of rotatable bonds is 9. The maximum absolute atomic E-state index is 12.0. The molecule has 9 nitrogen and oxygen atoms in total. The molecule has 0 aromatic heterocycles. The Hall–Kier alpha value is -2.97. The summed E-state index contributed by atoms with van der Waals surface area (Å²) in [6.07, 6.45) is 0.566. The zero-order valence-corrected chi connectivity index (χ0v) is 14.5. The molecule has 136 valence electrons. The molecule has 0 saturated heterocycles. The molecule has 0 heterocycles.